The van der Waals surface area contributed by atoms with Crippen LogP contribution in [0.1, 0.15) is 45.7 Å². The maximum atomic E-state index is 13.2. The molecule has 1 amide bonds. The predicted octanol–water partition coefficient (Wildman–Crippen LogP) is 5.92. The molecule has 6 nitrogen and oxygen atoms in total. The molecule has 0 saturated carbocycles. The summed E-state index contributed by atoms with van der Waals surface area (Å²) in [6.45, 7) is 5.76. The Kier molecular flexibility index (Phi) is 6.65. The van der Waals surface area contributed by atoms with Crippen LogP contribution in [0.3, 0.4) is 0 Å². The molecule has 168 valence electrons. The van der Waals surface area contributed by atoms with Gasteiger partial charge in [0.15, 0.2) is 0 Å². The standard InChI is InChI=1S/C28H24N4O2/c1-18-7-10-26(24(12-18)16-29)22-13-23(15-25(14-22)34-27-6-4-5-11-30-27)28(33)32-20(3)21-9-8-19(2)31-17-21/h4-15,17,20H,1-3H3,(H,32,33)/t20-/m1/s1. The van der Waals surface area contributed by atoms with Gasteiger partial charge in [-0.05, 0) is 79.4 Å². The van der Waals surface area contributed by atoms with Crippen molar-refractivity contribution in [2.75, 3.05) is 0 Å². The van der Waals surface area contributed by atoms with Crippen molar-refractivity contribution in [3.8, 4) is 28.8 Å². The largest absolute Gasteiger partial charge is 0.439 e. The topological polar surface area (TPSA) is 87.9 Å². The number of carbonyl (C=O) groups is 1. The second-order valence-corrected chi connectivity index (χ2v) is 8.11. The van der Waals surface area contributed by atoms with Gasteiger partial charge in [0, 0.05) is 29.7 Å². The van der Waals surface area contributed by atoms with Crippen LogP contribution in [0.15, 0.2) is 79.1 Å². The lowest BCUT2D eigenvalue weighted by Gasteiger charge is -2.16. The Labute approximate surface area is 198 Å². The molecule has 2 aromatic heterocycles. The molecule has 4 aromatic rings. The van der Waals surface area contributed by atoms with Gasteiger partial charge in [0.05, 0.1) is 17.7 Å². The number of pyridine rings is 2. The molecule has 0 unspecified atom stereocenters. The molecule has 2 aromatic carbocycles. The number of amides is 1. The van der Waals surface area contributed by atoms with Gasteiger partial charge in [0.25, 0.3) is 5.91 Å². The highest BCUT2D eigenvalue weighted by Gasteiger charge is 2.16. The molecular formula is C28H24N4O2. The van der Waals surface area contributed by atoms with Crippen molar-refractivity contribution in [3.05, 3.63) is 107 Å². The van der Waals surface area contributed by atoms with Crippen LogP contribution < -0.4 is 10.1 Å². The summed E-state index contributed by atoms with van der Waals surface area (Å²) in [5, 5.41) is 12.7. The van der Waals surface area contributed by atoms with Gasteiger partial charge in [0.2, 0.25) is 5.88 Å². The van der Waals surface area contributed by atoms with Crippen LogP contribution in [0.4, 0.5) is 0 Å². The summed E-state index contributed by atoms with van der Waals surface area (Å²) in [5.74, 6) is 0.608. The van der Waals surface area contributed by atoms with Crippen molar-refractivity contribution < 1.29 is 9.53 Å². The first-order chi connectivity index (χ1) is 16.4. The smallest absolute Gasteiger partial charge is 0.251 e. The summed E-state index contributed by atoms with van der Waals surface area (Å²) < 4.78 is 5.95. The Hall–Kier alpha value is -4.50. The molecule has 0 spiro atoms. The van der Waals surface area contributed by atoms with Gasteiger partial charge in [0.1, 0.15) is 5.75 Å². The van der Waals surface area contributed by atoms with E-state index < -0.39 is 0 Å². The van der Waals surface area contributed by atoms with Gasteiger partial charge >= 0.3 is 0 Å². The Balaban J connectivity index is 1.71. The van der Waals surface area contributed by atoms with Crippen LogP contribution in [0.5, 0.6) is 11.6 Å². The highest BCUT2D eigenvalue weighted by Crippen LogP contribution is 2.31. The Morgan fingerprint density at radius 2 is 1.88 bits per heavy atom. The summed E-state index contributed by atoms with van der Waals surface area (Å²) in [6.07, 6.45) is 3.40. The molecule has 0 fully saturated rings. The second kappa shape index (κ2) is 9.97. The molecule has 6 heteroatoms. The molecule has 2 heterocycles. The number of hydrogen-bond acceptors (Lipinski definition) is 5. The highest BCUT2D eigenvalue weighted by atomic mass is 16.5. The average molecular weight is 449 g/mol. The average Bonchev–Trinajstić information content (AvgIpc) is 2.84. The number of nitriles is 1. The summed E-state index contributed by atoms with van der Waals surface area (Å²) in [7, 11) is 0. The minimum Gasteiger partial charge on any atom is -0.439 e. The molecule has 0 bridgehead atoms. The van der Waals surface area contributed by atoms with Gasteiger partial charge in [-0.1, -0.05) is 24.3 Å². The third kappa shape index (κ3) is 5.28. The fourth-order valence-corrected chi connectivity index (χ4v) is 3.57. The summed E-state index contributed by atoms with van der Waals surface area (Å²) in [4.78, 5) is 21.7. The molecule has 0 aliphatic rings. The molecule has 1 N–H and O–H groups in total. The van der Waals surface area contributed by atoms with E-state index in [1.807, 2.05) is 63.2 Å². The SMILES string of the molecule is Cc1ccc(-c2cc(Oc3ccccn3)cc(C(=O)N[C@H](C)c3ccc(C)nc3)c2)c(C#N)c1. The number of ether oxygens (including phenoxy) is 1. The van der Waals surface area contributed by atoms with Crippen LogP contribution >= 0.6 is 0 Å². The Bertz CT molecular complexity index is 1360. The van der Waals surface area contributed by atoms with E-state index in [2.05, 4.69) is 21.4 Å². The lowest BCUT2D eigenvalue weighted by atomic mass is 9.96. The van der Waals surface area contributed by atoms with E-state index in [9.17, 15) is 10.1 Å². The van der Waals surface area contributed by atoms with E-state index >= 15 is 0 Å². The van der Waals surface area contributed by atoms with E-state index in [0.29, 0.717) is 28.3 Å². The first-order valence-electron chi connectivity index (χ1n) is 10.9. The molecule has 0 saturated heterocycles. The summed E-state index contributed by atoms with van der Waals surface area (Å²) in [6, 6.07) is 22.1. The second-order valence-electron chi connectivity index (χ2n) is 8.11. The first kappa shape index (κ1) is 22.7. The highest BCUT2D eigenvalue weighted by molar-refractivity contribution is 5.96. The Morgan fingerprint density at radius 1 is 1.03 bits per heavy atom. The minimum absolute atomic E-state index is 0.238. The van der Waals surface area contributed by atoms with Crippen LogP contribution in [0.25, 0.3) is 11.1 Å². The molecule has 0 radical (unpaired) electrons. The number of aryl methyl sites for hydroxylation is 2. The van der Waals surface area contributed by atoms with Crippen molar-refractivity contribution in [1.29, 1.82) is 5.26 Å². The summed E-state index contributed by atoms with van der Waals surface area (Å²) in [5.41, 5.74) is 5.19. The quantitative estimate of drug-likeness (QED) is 0.396. The lowest BCUT2D eigenvalue weighted by Crippen LogP contribution is -2.26. The maximum absolute atomic E-state index is 13.2. The minimum atomic E-state index is -0.258. The van der Waals surface area contributed by atoms with E-state index in [-0.39, 0.29) is 11.9 Å². The third-order valence-electron chi connectivity index (χ3n) is 5.42. The zero-order valence-corrected chi connectivity index (χ0v) is 19.2. The molecule has 4 rings (SSSR count). The van der Waals surface area contributed by atoms with Crippen molar-refractivity contribution in [1.82, 2.24) is 15.3 Å². The van der Waals surface area contributed by atoms with E-state index in [1.54, 1.807) is 36.7 Å². The van der Waals surface area contributed by atoms with Gasteiger partial charge in [-0.3, -0.25) is 9.78 Å². The van der Waals surface area contributed by atoms with Crippen LogP contribution in [0, 0.1) is 25.2 Å². The van der Waals surface area contributed by atoms with Crippen LogP contribution in [0.2, 0.25) is 0 Å². The van der Waals surface area contributed by atoms with Crippen molar-refractivity contribution in [2.45, 2.75) is 26.8 Å². The number of nitrogens with one attached hydrogen (secondary N) is 1. The van der Waals surface area contributed by atoms with Gasteiger partial charge in [-0.2, -0.15) is 5.26 Å². The van der Waals surface area contributed by atoms with Gasteiger partial charge in [-0.15, -0.1) is 0 Å². The molecule has 34 heavy (non-hydrogen) atoms. The van der Waals surface area contributed by atoms with Gasteiger partial charge in [-0.25, -0.2) is 4.98 Å². The van der Waals surface area contributed by atoms with E-state index in [0.717, 1.165) is 22.4 Å². The molecule has 1 atom stereocenters. The molecular weight excluding hydrogens is 424 g/mol. The number of nitrogens with zero attached hydrogens (tertiary/aromatic N) is 3. The maximum Gasteiger partial charge on any atom is 0.251 e. The normalized spacial score (nSPS) is 11.4. The number of rotatable bonds is 6. The van der Waals surface area contributed by atoms with E-state index in [1.165, 1.54) is 0 Å². The fraction of sp³-hybridized carbons (Fsp3) is 0.143. The lowest BCUT2D eigenvalue weighted by molar-refractivity contribution is 0.0939. The van der Waals surface area contributed by atoms with Crippen LogP contribution in [-0.2, 0) is 0 Å². The molecule has 0 aliphatic heterocycles. The summed E-state index contributed by atoms with van der Waals surface area (Å²) >= 11 is 0. The fourth-order valence-electron chi connectivity index (χ4n) is 3.57. The predicted molar refractivity (Wildman–Crippen MR) is 130 cm³/mol. The zero-order valence-electron chi connectivity index (χ0n) is 19.2. The van der Waals surface area contributed by atoms with Crippen molar-refractivity contribution >= 4 is 5.91 Å². The molecule has 0 aliphatic carbocycles. The van der Waals surface area contributed by atoms with Crippen LogP contribution in [-0.4, -0.2) is 15.9 Å². The number of hydrogen-bond donors (Lipinski definition) is 1. The van der Waals surface area contributed by atoms with E-state index in [4.69, 9.17) is 4.74 Å². The van der Waals surface area contributed by atoms with Crippen molar-refractivity contribution in [2.24, 2.45) is 0 Å². The monoisotopic (exact) mass is 448 g/mol. The number of aromatic nitrogens is 2. The Morgan fingerprint density at radius 3 is 2.59 bits per heavy atom. The van der Waals surface area contributed by atoms with Crippen molar-refractivity contribution in [3.63, 3.8) is 0 Å². The van der Waals surface area contributed by atoms with Gasteiger partial charge < -0.3 is 10.1 Å². The first-order valence-corrected chi connectivity index (χ1v) is 10.9. The number of carbonyl (C=O) groups excluding carboxylic acids is 1. The third-order valence-corrected chi connectivity index (χ3v) is 5.42. The zero-order chi connectivity index (χ0) is 24.1. The number of benzene rings is 2.